The van der Waals surface area contributed by atoms with E-state index in [0.717, 1.165) is 36.0 Å². The lowest BCUT2D eigenvalue weighted by Gasteiger charge is -2.36. The minimum Gasteiger partial charge on any atom is -0.490 e. The number of piperazine rings is 1. The molecule has 3 aromatic rings. The maximum Gasteiger partial charge on any atom is 0.254 e. The van der Waals surface area contributed by atoms with Crippen LogP contribution in [-0.4, -0.2) is 65.0 Å². The zero-order chi connectivity index (χ0) is 23.4. The summed E-state index contributed by atoms with van der Waals surface area (Å²) in [4.78, 5) is 21.8. The summed E-state index contributed by atoms with van der Waals surface area (Å²) in [5.41, 5.74) is 3.75. The fourth-order valence-corrected chi connectivity index (χ4v) is 4.29. The number of benzene rings is 1. The molecule has 33 heavy (non-hydrogen) atoms. The van der Waals surface area contributed by atoms with Gasteiger partial charge in [-0.15, -0.1) is 0 Å². The van der Waals surface area contributed by atoms with Gasteiger partial charge in [0, 0.05) is 37.9 Å². The fourth-order valence-electron chi connectivity index (χ4n) is 4.29. The van der Waals surface area contributed by atoms with Crippen molar-refractivity contribution in [1.82, 2.24) is 19.7 Å². The summed E-state index contributed by atoms with van der Waals surface area (Å²) in [5.74, 6) is 2.09. The highest BCUT2D eigenvalue weighted by Gasteiger charge is 2.26. The zero-order valence-corrected chi connectivity index (χ0v) is 19.7. The number of nitrogens with zero attached hydrogens (tertiary/aromatic N) is 5. The van der Waals surface area contributed by atoms with Crippen LogP contribution in [0, 0.1) is 13.8 Å². The molecule has 1 saturated heterocycles. The molecule has 0 bridgehead atoms. The number of aryl methyl sites for hydroxylation is 1. The van der Waals surface area contributed by atoms with Gasteiger partial charge in [-0.2, -0.15) is 5.10 Å². The van der Waals surface area contributed by atoms with E-state index in [1.807, 2.05) is 60.7 Å². The molecule has 1 amide bonds. The van der Waals surface area contributed by atoms with Crippen LogP contribution in [0.3, 0.4) is 0 Å². The van der Waals surface area contributed by atoms with Crippen molar-refractivity contribution in [3.8, 4) is 17.3 Å². The molecule has 0 radical (unpaired) electrons. The van der Waals surface area contributed by atoms with Crippen molar-refractivity contribution in [3.05, 3.63) is 59.5 Å². The van der Waals surface area contributed by atoms with Crippen molar-refractivity contribution < 1.29 is 14.3 Å². The molecule has 3 heterocycles. The lowest BCUT2D eigenvalue weighted by molar-refractivity contribution is 0.0746. The van der Waals surface area contributed by atoms with Crippen molar-refractivity contribution in [2.75, 3.05) is 44.3 Å². The normalized spacial score (nSPS) is 13.8. The van der Waals surface area contributed by atoms with Crippen LogP contribution < -0.4 is 14.4 Å². The van der Waals surface area contributed by atoms with E-state index in [-0.39, 0.29) is 5.91 Å². The van der Waals surface area contributed by atoms with Gasteiger partial charge in [0.15, 0.2) is 17.3 Å². The molecule has 0 N–H and O–H groups in total. The Labute approximate surface area is 194 Å². The molecule has 1 fully saturated rings. The number of pyridine rings is 1. The minimum atomic E-state index is 0.0104. The van der Waals surface area contributed by atoms with Gasteiger partial charge in [-0.3, -0.25) is 4.79 Å². The number of hydrogen-bond acceptors (Lipinski definition) is 6. The van der Waals surface area contributed by atoms with E-state index in [2.05, 4.69) is 16.8 Å². The number of amides is 1. The third kappa shape index (κ3) is 4.65. The Morgan fingerprint density at radius 1 is 0.970 bits per heavy atom. The number of anilines is 1. The Balaban J connectivity index is 1.47. The summed E-state index contributed by atoms with van der Waals surface area (Å²) in [6.45, 7) is 11.8. The van der Waals surface area contributed by atoms with E-state index in [4.69, 9.17) is 14.6 Å². The molecule has 0 saturated carbocycles. The van der Waals surface area contributed by atoms with Crippen LogP contribution in [-0.2, 0) is 0 Å². The van der Waals surface area contributed by atoms with E-state index in [9.17, 15) is 4.79 Å². The summed E-state index contributed by atoms with van der Waals surface area (Å²) < 4.78 is 13.2. The molecule has 0 unspecified atom stereocenters. The Hall–Kier alpha value is -3.55. The molecule has 1 aliphatic rings. The SMILES string of the molecule is CCOc1ccc(C(=O)N2CCN(c3c(C)nn(-c4ccccn4)c3C)CC2)cc1OCC. The number of rotatable bonds is 7. The molecule has 0 aliphatic carbocycles. The number of hydrogen-bond donors (Lipinski definition) is 0. The van der Waals surface area contributed by atoms with Crippen LogP contribution in [0.5, 0.6) is 11.5 Å². The highest BCUT2D eigenvalue weighted by atomic mass is 16.5. The van der Waals surface area contributed by atoms with Crippen molar-refractivity contribution in [2.45, 2.75) is 27.7 Å². The summed E-state index contributed by atoms with van der Waals surface area (Å²) in [5, 5.41) is 4.71. The molecule has 1 aromatic carbocycles. The molecular weight excluding hydrogens is 418 g/mol. The second kappa shape index (κ2) is 9.94. The highest BCUT2D eigenvalue weighted by molar-refractivity contribution is 5.95. The molecule has 4 rings (SSSR count). The average molecular weight is 450 g/mol. The van der Waals surface area contributed by atoms with Gasteiger partial charge in [0.25, 0.3) is 5.91 Å². The van der Waals surface area contributed by atoms with Gasteiger partial charge >= 0.3 is 0 Å². The van der Waals surface area contributed by atoms with E-state index < -0.39 is 0 Å². The quantitative estimate of drug-likeness (QED) is 0.548. The van der Waals surface area contributed by atoms with E-state index in [0.29, 0.717) is 43.4 Å². The maximum absolute atomic E-state index is 13.2. The molecule has 2 aromatic heterocycles. The van der Waals surface area contributed by atoms with Gasteiger partial charge in [-0.25, -0.2) is 9.67 Å². The first kappa shape index (κ1) is 22.6. The predicted molar refractivity (Wildman–Crippen MR) is 128 cm³/mol. The van der Waals surface area contributed by atoms with Crippen LogP contribution in [0.1, 0.15) is 35.6 Å². The molecule has 0 atom stereocenters. The summed E-state index contributed by atoms with van der Waals surface area (Å²) in [6.07, 6.45) is 1.77. The van der Waals surface area contributed by atoms with Crippen LogP contribution in [0.4, 0.5) is 5.69 Å². The first-order chi connectivity index (χ1) is 16.0. The molecule has 8 nitrogen and oxygen atoms in total. The Bertz CT molecular complexity index is 1100. The maximum atomic E-state index is 13.2. The topological polar surface area (TPSA) is 72.7 Å². The fraction of sp³-hybridized carbons (Fsp3) is 0.400. The van der Waals surface area contributed by atoms with Crippen molar-refractivity contribution in [2.24, 2.45) is 0 Å². The van der Waals surface area contributed by atoms with Gasteiger partial charge < -0.3 is 19.3 Å². The van der Waals surface area contributed by atoms with Gasteiger partial charge in [0.2, 0.25) is 0 Å². The van der Waals surface area contributed by atoms with Crippen molar-refractivity contribution >= 4 is 11.6 Å². The Kier molecular flexibility index (Phi) is 6.82. The second-order valence-corrected chi connectivity index (χ2v) is 7.93. The standard InChI is InChI=1S/C25H31N5O3/c1-5-32-21-11-10-20(17-22(21)33-6-2)25(31)29-15-13-28(14-16-29)24-18(3)27-30(19(24)4)23-9-7-8-12-26-23/h7-12,17H,5-6,13-16H2,1-4H3. The Morgan fingerprint density at radius 2 is 1.70 bits per heavy atom. The summed E-state index contributed by atoms with van der Waals surface area (Å²) >= 11 is 0. The van der Waals surface area contributed by atoms with E-state index >= 15 is 0 Å². The highest BCUT2D eigenvalue weighted by Crippen LogP contribution is 2.30. The van der Waals surface area contributed by atoms with Crippen LogP contribution in [0.25, 0.3) is 5.82 Å². The minimum absolute atomic E-state index is 0.0104. The average Bonchev–Trinajstić information content (AvgIpc) is 3.14. The predicted octanol–water partition coefficient (Wildman–Crippen LogP) is 3.64. The summed E-state index contributed by atoms with van der Waals surface area (Å²) in [7, 11) is 0. The van der Waals surface area contributed by atoms with E-state index in [1.54, 1.807) is 12.3 Å². The lowest BCUT2D eigenvalue weighted by Crippen LogP contribution is -2.49. The van der Waals surface area contributed by atoms with Crippen LogP contribution in [0.2, 0.25) is 0 Å². The van der Waals surface area contributed by atoms with Gasteiger partial charge in [0.1, 0.15) is 0 Å². The van der Waals surface area contributed by atoms with Gasteiger partial charge in [0.05, 0.1) is 30.3 Å². The van der Waals surface area contributed by atoms with Crippen molar-refractivity contribution in [3.63, 3.8) is 0 Å². The molecule has 174 valence electrons. The largest absolute Gasteiger partial charge is 0.490 e. The lowest BCUT2D eigenvalue weighted by atomic mass is 10.1. The number of carbonyl (C=O) groups is 1. The number of ether oxygens (including phenoxy) is 2. The monoisotopic (exact) mass is 449 g/mol. The molecule has 1 aliphatic heterocycles. The third-order valence-electron chi connectivity index (χ3n) is 5.79. The number of carbonyl (C=O) groups excluding carboxylic acids is 1. The van der Waals surface area contributed by atoms with Gasteiger partial charge in [-0.05, 0) is 58.0 Å². The first-order valence-corrected chi connectivity index (χ1v) is 11.4. The molecule has 8 heteroatoms. The third-order valence-corrected chi connectivity index (χ3v) is 5.79. The Morgan fingerprint density at radius 3 is 2.36 bits per heavy atom. The first-order valence-electron chi connectivity index (χ1n) is 11.4. The number of aromatic nitrogens is 3. The van der Waals surface area contributed by atoms with Crippen LogP contribution >= 0.6 is 0 Å². The van der Waals surface area contributed by atoms with Crippen molar-refractivity contribution in [1.29, 1.82) is 0 Å². The molecule has 0 spiro atoms. The van der Waals surface area contributed by atoms with Crippen LogP contribution in [0.15, 0.2) is 42.6 Å². The molecular formula is C25H31N5O3. The summed E-state index contributed by atoms with van der Waals surface area (Å²) in [6, 6.07) is 11.2. The van der Waals surface area contributed by atoms with E-state index in [1.165, 1.54) is 0 Å². The van der Waals surface area contributed by atoms with Gasteiger partial charge in [-0.1, -0.05) is 6.07 Å². The zero-order valence-electron chi connectivity index (χ0n) is 19.7. The second-order valence-electron chi connectivity index (χ2n) is 7.93. The smallest absolute Gasteiger partial charge is 0.254 e.